The summed E-state index contributed by atoms with van der Waals surface area (Å²) in [5.41, 5.74) is 0. The zero-order chi connectivity index (χ0) is 46.9. The summed E-state index contributed by atoms with van der Waals surface area (Å²) in [6, 6.07) is 0. The van der Waals surface area contributed by atoms with E-state index in [0.29, 0.717) is 19.3 Å². The molecule has 0 spiro atoms. The van der Waals surface area contributed by atoms with Crippen LogP contribution in [0.5, 0.6) is 0 Å². The van der Waals surface area contributed by atoms with Gasteiger partial charge in [0.05, 0.1) is 6.61 Å². The van der Waals surface area contributed by atoms with E-state index in [1.54, 1.807) is 0 Å². The minimum atomic E-state index is -4.62. The fourth-order valence-electron chi connectivity index (χ4n) is 6.74. The van der Waals surface area contributed by atoms with Crippen LogP contribution >= 0.6 is 0 Å². The van der Waals surface area contributed by atoms with Crippen LogP contribution in [0.3, 0.4) is 0 Å². The van der Waals surface area contributed by atoms with Crippen LogP contribution in [0.2, 0.25) is 0 Å². The summed E-state index contributed by atoms with van der Waals surface area (Å²) < 4.78 is 54.1. The third kappa shape index (κ3) is 34.2. The van der Waals surface area contributed by atoms with Gasteiger partial charge in [0, 0.05) is 12.8 Å². The topological polar surface area (TPSA) is 186 Å². The standard InChI is InChI=1S/C51H84O12S/c1-3-5-7-9-11-13-15-17-19-20-21-22-23-24-26-28-30-32-34-36-38-40-47(53)62-44(42-61-51-50(56)49(55)48(54)45(63-51)43-64(57,58)59)41-60-46(52)39-37-35-33-31-29-27-25-18-16-14-12-10-8-6-4-2/h6,8,12,14,18-20,22-23,25-26,28,32,34,44-45,48-51,54-56H,3-5,7,9-11,13,15-17,21,24,27,29-31,33,35-43H2,1-2H3,(H,57,58,59)/b8-6+,14-12+,20-19+,23-22+,25-18+,28-26+,34-32+/t44-,45-,48-,49?,50?,51+/m1/s1. The lowest BCUT2D eigenvalue weighted by molar-refractivity contribution is -0.297. The van der Waals surface area contributed by atoms with E-state index in [9.17, 15) is 37.9 Å². The number of esters is 2. The van der Waals surface area contributed by atoms with Gasteiger partial charge >= 0.3 is 11.9 Å². The summed E-state index contributed by atoms with van der Waals surface area (Å²) in [5.74, 6) is -2.09. The molecular weight excluding hydrogens is 837 g/mol. The van der Waals surface area contributed by atoms with E-state index in [4.69, 9.17) is 18.9 Å². The Bertz CT molecular complexity index is 1500. The Morgan fingerprint density at radius 3 is 1.52 bits per heavy atom. The maximum Gasteiger partial charge on any atom is 0.306 e. The van der Waals surface area contributed by atoms with Gasteiger partial charge in [-0.15, -0.1) is 0 Å². The van der Waals surface area contributed by atoms with E-state index < -0.39 is 71.2 Å². The zero-order valence-corrected chi connectivity index (χ0v) is 39.9. The number of carbonyl (C=O) groups is 2. The molecule has 0 aromatic rings. The number of rotatable bonds is 39. The summed E-state index contributed by atoms with van der Waals surface area (Å²) in [6.07, 6.45) is 43.5. The highest BCUT2D eigenvalue weighted by Gasteiger charge is 2.46. The van der Waals surface area contributed by atoms with Crippen LogP contribution in [0.25, 0.3) is 0 Å². The number of aliphatic hydroxyl groups excluding tert-OH is 3. The number of hydrogen-bond acceptors (Lipinski definition) is 11. The lowest BCUT2D eigenvalue weighted by atomic mass is 10.00. The van der Waals surface area contributed by atoms with Gasteiger partial charge < -0.3 is 34.3 Å². The largest absolute Gasteiger partial charge is 0.462 e. The molecule has 0 aromatic carbocycles. The maximum absolute atomic E-state index is 12.8. The summed E-state index contributed by atoms with van der Waals surface area (Å²) >= 11 is 0. The van der Waals surface area contributed by atoms with Crippen molar-refractivity contribution in [3.8, 4) is 0 Å². The predicted octanol–water partition coefficient (Wildman–Crippen LogP) is 10.4. The highest BCUT2D eigenvalue weighted by molar-refractivity contribution is 7.85. The first-order valence-electron chi connectivity index (χ1n) is 24.1. The van der Waals surface area contributed by atoms with Crippen LogP contribution in [-0.2, 0) is 38.7 Å². The molecule has 1 saturated heterocycles. The molecular formula is C51H84O12S. The second kappa shape index (κ2) is 40.1. The monoisotopic (exact) mass is 921 g/mol. The first-order valence-corrected chi connectivity index (χ1v) is 25.8. The minimum absolute atomic E-state index is 0.0799. The molecule has 0 aromatic heterocycles. The summed E-state index contributed by atoms with van der Waals surface area (Å²) in [7, 11) is -4.62. The van der Waals surface area contributed by atoms with E-state index in [1.807, 2.05) is 12.2 Å². The van der Waals surface area contributed by atoms with Crippen molar-refractivity contribution < 1.29 is 56.8 Å². The van der Waals surface area contributed by atoms with Gasteiger partial charge in [0.15, 0.2) is 12.4 Å². The van der Waals surface area contributed by atoms with Gasteiger partial charge in [0.25, 0.3) is 10.1 Å². The van der Waals surface area contributed by atoms with E-state index in [2.05, 4.69) is 86.8 Å². The lowest BCUT2D eigenvalue weighted by Crippen LogP contribution is -2.60. The molecule has 6 atom stereocenters. The lowest BCUT2D eigenvalue weighted by Gasteiger charge is -2.40. The van der Waals surface area contributed by atoms with Gasteiger partial charge in [-0.25, -0.2) is 0 Å². The first-order chi connectivity index (χ1) is 31.0. The van der Waals surface area contributed by atoms with Crippen LogP contribution in [0.15, 0.2) is 85.1 Å². The normalized spacial score (nSPS) is 20.4. The Balaban J connectivity index is 2.48. The maximum atomic E-state index is 12.8. The quantitative estimate of drug-likeness (QED) is 0.0198. The molecule has 1 heterocycles. The Hall–Kier alpha value is -3.17. The smallest absolute Gasteiger partial charge is 0.306 e. The fourth-order valence-corrected chi connectivity index (χ4v) is 7.43. The van der Waals surface area contributed by atoms with E-state index in [0.717, 1.165) is 77.0 Å². The van der Waals surface area contributed by atoms with Crippen molar-refractivity contribution in [3.05, 3.63) is 85.1 Å². The number of aliphatic hydroxyl groups is 3. The third-order valence-electron chi connectivity index (χ3n) is 10.5. The first kappa shape index (κ1) is 58.8. The molecule has 64 heavy (non-hydrogen) atoms. The van der Waals surface area contributed by atoms with Crippen LogP contribution in [0.1, 0.15) is 168 Å². The minimum Gasteiger partial charge on any atom is -0.462 e. The van der Waals surface area contributed by atoms with E-state index >= 15 is 0 Å². The zero-order valence-electron chi connectivity index (χ0n) is 39.1. The van der Waals surface area contributed by atoms with E-state index in [-0.39, 0.29) is 19.4 Å². The van der Waals surface area contributed by atoms with Crippen LogP contribution in [0, 0.1) is 0 Å². The van der Waals surface area contributed by atoms with Crippen molar-refractivity contribution in [2.24, 2.45) is 0 Å². The summed E-state index contributed by atoms with van der Waals surface area (Å²) in [4.78, 5) is 25.4. The SMILES string of the molecule is CC/C=C/C/C=C/C/C=C/CCCCCCCC(=O)OC[C@H](CO[C@H]1O[C@H](CS(=O)(=O)O)[C@@H](O)C(O)C1O)OC(=O)CCC/C=C/C/C=C/C/C=C/C/C=C/CCCCCCCCC. The Kier molecular flexibility index (Phi) is 36.9. The van der Waals surface area contributed by atoms with Crippen molar-refractivity contribution in [1.29, 1.82) is 0 Å². The molecule has 13 heteroatoms. The van der Waals surface area contributed by atoms with Gasteiger partial charge in [0.2, 0.25) is 0 Å². The molecule has 0 bridgehead atoms. The van der Waals surface area contributed by atoms with Gasteiger partial charge in [-0.1, -0.05) is 157 Å². The molecule has 1 aliphatic rings. The summed E-state index contributed by atoms with van der Waals surface area (Å²) in [5, 5.41) is 30.9. The van der Waals surface area contributed by atoms with Crippen molar-refractivity contribution in [2.75, 3.05) is 19.0 Å². The van der Waals surface area contributed by atoms with Crippen molar-refractivity contribution >= 4 is 22.1 Å². The van der Waals surface area contributed by atoms with Crippen LogP contribution in [0.4, 0.5) is 0 Å². The number of hydrogen-bond donors (Lipinski definition) is 4. The number of unbranched alkanes of at least 4 members (excludes halogenated alkanes) is 13. The van der Waals surface area contributed by atoms with Crippen molar-refractivity contribution in [3.63, 3.8) is 0 Å². The fraction of sp³-hybridized carbons (Fsp3) is 0.686. The number of ether oxygens (including phenoxy) is 4. The average molecular weight is 921 g/mol. The second-order valence-corrected chi connectivity index (χ2v) is 17.9. The molecule has 0 aliphatic carbocycles. The Morgan fingerprint density at radius 1 is 0.547 bits per heavy atom. The number of allylic oxidation sites excluding steroid dienone is 14. The molecule has 1 fully saturated rings. The van der Waals surface area contributed by atoms with Gasteiger partial charge in [0.1, 0.15) is 36.8 Å². The average Bonchev–Trinajstić information content (AvgIpc) is 3.26. The van der Waals surface area contributed by atoms with Crippen LogP contribution < -0.4 is 0 Å². The number of carbonyl (C=O) groups excluding carboxylic acids is 2. The van der Waals surface area contributed by atoms with Crippen molar-refractivity contribution in [2.45, 2.75) is 205 Å². The molecule has 366 valence electrons. The van der Waals surface area contributed by atoms with E-state index in [1.165, 1.54) is 44.9 Å². The predicted molar refractivity (Wildman–Crippen MR) is 256 cm³/mol. The van der Waals surface area contributed by atoms with Crippen LogP contribution in [-0.4, -0.2) is 96.0 Å². The van der Waals surface area contributed by atoms with Crippen molar-refractivity contribution in [1.82, 2.24) is 0 Å². The third-order valence-corrected chi connectivity index (χ3v) is 11.2. The second-order valence-electron chi connectivity index (χ2n) is 16.4. The molecule has 4 N–H and O–H groups in total. The molecule has 0 amide bonds. The Morgan fingerprint density at radius 2 is 1.00 bits per heavy atom. The highest BCUT2D eigenvalue weighted by Crippen LogP contribution is 2.24. The molecule has 2 unspecified atom stereocenters. The van der Waals surface area contributed by atoms with Gasteiger partial charge in [-0.05, 0) is 83.5 Å². The molecule has 1 aliphatic heterocycles. The molecule has 1 rings (SSSR count). The highest BCUT2D eigenvalue weighted by atomic mass is 32.2. The van der Waals surface area contributed by atoms with Gasteiger partial charge in [-0.3, -0.25) is 14.1 Å². The molecule has 0 saturated carbocycles. The molecule has 12 nitrogen and oxygen atoms in total. The Labute approximate surface area is 386 Å². The molecule has 0 radical (unpaired) electrons. The van der Waals surface area contributed by atoms with Gasteiger partial charge in [-0.2, -0.15) is 8.42 Å². The summed E-state index contributed by atoms with van der Waals surface area (Å²) in [6.45, 7) is 3.58.